The molecule has 0 fully saturated rings. The number of benzene rings is 1. The molecule has 1 rings (SSSR count). The minimum absolute atomic E-state index is 0.0648. The maximum atomic E-state index is 9.49. The van der Waals surface area contributed by atoms with Gasteiger partial charge < -0.3 is 14.4 Å². The van der Waals surface area contributed by atoms with Crippen molar-refractivity contribution in [1.82, 2.24) is 0 Å². The Morgan fingerprint density at radius 3 is 2.11 bits per heavy atom. The van der Waals surface area contributed by atoms with Crippen LogP contribution in [0.25, 0.3) is 6.08 Å². The highest BCUT2D eigenvalue weighted by Crippen LogP contribution is 2.01. The molecule has 104 valence electrons. The first-order valence-electron chi connectivity index (χ1n) is 6.11. The Morgan fingerprint density at radius 2 is 1.74 bits per heavy atom. The molecule has 0 amide bonds. The summed E-state index contributed by atoms with van der Waals surface area (Å²) in [6.07, 6.45) is 4.39. The number of rotatable bonds is 4. The highest BCUT2D eigenvalue weighted by molar-refractivity contribution is 5.82. The Hall–Kier alpha value is -1.87. The van der Waals surface area contributed by atoms with Crippen LogP contribution in [0.3, 0.4) is 0 Å². The van der Waals surface area contributed by atoms with Gasteiger partial charge in [0.25, 0.3) is 0 Å². The van der Waals surface area contributed by atoms with Gasteiger partial charge in [-0.3, -0.25) is 0 Å². The molecule has 0 unspecified atom stereocenters. The van der Waals surface area contributed by atoms with E-state index in [-0.39, 0.29) is 5.57 Å². The van der Waals surface area contributed by atoms with E-state index in [2.05, 4.69) is 64.1 Å². The third-order valence-electron chi connectivity index (χ3n) is 2.11. The number of carboxylic acid groups (broad SMARTS) is 1. The highest BCUT2D eigenvalue weighted by atomic mass is 16.4. The zero-order chi connectivity index (χ0) is 14.9. The summed E-state index contributed by atoms with van der Waals surface area (Å²) in [7, 11) is 6.57. The van der Waals surface area contributed by atoms with E-state index in [1.54, 1.807) is 0 Å². The molecule has 0 atom stereocenters. The molecule has 0 spiro atoms. The van der Waals surface area contributed by atoms with Crippen molar-refractivity contribution in [2.75, 3.05) is 27.7 Å². The van der Waals surface area contributed by atoms with Crippen molar-refractivity contribution in [1.29, 1.82) is 0 Å². The number of quaternary nitrogens is 1. The Labute approximate surface area is 116 Å². The second-order valence-electron chi connectivity index (χ2n) is 5.35. The molecule has 0 radical (unpaired) electrons. The fourth-order valence-electron chi connectivity index (χ4n) is 1.07. The fourth-order valence-corrected chi connectivity index (χ4v) is 1.07. The Balaban J connectivity index is 0.000000459. The maximum Gasteiger partial charge on any atom is 0.0970 e. The molecule has 1 aromatic carbocycles. The van der Waals surface area contributed by atoms with Crippen molar-refractivity contribution in [3.63, 3.8) is 0 Å². The fraction of sp³-hybridized carbons (Fsp3) is 0.312. The monoisotopic (exact) mass is 261 g/mol. The lowest BCUT2D eigenvalue weighted by atomic mass is 10.2. The zero-order valence-electron chi connectivity index (χ0n) is 12.2. The Bertz CT molecular complexity index is 416. The smallest absolute Gasteiger partial charge is 0.0970 e. The number of aliphatic carboxylic acids is 1. The van der Waals surface area contributed by atoms with Crippen LogP contribution in [-0.2, 0) is 4.79 Å². The van der Waals surface area contributed by atoms with Gasteiger partial charge in [0.05, 0.1) is 33.7 Å². The molecular formula is C16H23NO2. The lowest BCUT2D eigenvalue weighted by molar-refractivity contribution is -0.864. The summed E-state index contributed by atoms with van der Waals surface area (Å²) in [5.74, 6) is -1.19. The van der Waals surface area contributed by atoms with E-state index >= 15 is 0 Å². The molecular weight excluding hydrogens is 238 g/mol. The molecule has 0 saturated carbocycles. The first kappa shape index (κ1) is 17.1. The summed E-state index contributed by atoms with van der Waals surface area (Å²) in [5, 5.41) is 9.49. The number of carbonyl (C=O) groups excluding carboxylic acids is 1. The number of hydrogen-bond acceptors (Lipinski definition) is 2. The summed E-state index contributed by atoms with van der Waals surface area (Å²) in [6, 6.07) is 10.4. The minimum atomic E-state index is -1.19. The van der Waals surface area contributed by atoms with Crippen LogP contribution in [-0.4, -0.2) is 38.1 Å². The Kier molecular flexibility index (Phi) is 7.46. The average molecular weight is 261 g/mol. The van der Waals surface area contributed by atoms with Crippen molar-refractivity contribution in [2.45, 2.75) is 6.92 Å². The van der Waals surface area contributed by atoms with E-state index in [4.69, 9.17) is 0 Å². The summed E-state index contributed by atoms with van der Waals surface area (Å²) in [6.45, 7) is 5.54. The van der Waals surface area contributed by atoms with Crippen LogP contribution >= 0.6 is 0 Å². The van der Waals surface area contributed by atoms with Gasteiger partial charge in [0.1, 0.15) is 0 Å². The quantitative estimate of drug-likeness (QED) is 0.611. The molecule has 0 saturated heterocycles. The molecule has 3 heteroatoms. The number of carbonyl (C=O) groups is 1. The predicted octanol–water partition coefficient (Wildman–Crippen LogP) is 1.72. The topological polar surface area (TPSA) is 40.1 Å². The molecule has 0 aliphatic carbocycles. The van der Waals surface area contributed by atoms with Crippen molar-refractivity contribution >= 4 is 12.0 Å². The lowest BCUT2D eigenvalue weighted by Crippen LogP contribution is -2.34. The third kappa shape index (κ3) is 11.0. The molecule has 0 aliphatic heterocycles. The molecule has 0 N–H and O–H groups in total. The molecule has 19 heavy (non-hydrogen) atoms. The van der Waals surface area contributed by atoms with Crippen molar-refractivity contribution < 1.29 is 14.4 Å². The van der Waals surface area contributed by atoms with E-state index in [9.17, 15) is 9.90 Å². The van der Waals surface area contributed by atoms with Gasteiger partial charge in [-0.15, -0.1) is 0 Å². The van der Waals surface area contributed by atoms with Crippen LogP contribution in [0.4, 0.5) is 0 Å². The van der Waals surface area contributed by atoms with Gasteiger partial charge in [-0.1, -0.05) is 43.0 Å². The van der Waals surface area contributed by atoms with Gasteiger partial charge in [0, 0.05) is 0 Å². The summed E-state index contributed by atoms with van der Waals surface area (Å²) < 4.78 is 0.976. The van der Waals surface area contributed by atoms with Crippen LogP contribution in [0, 0.1) is 0 Å². The SMILES string of the molecule is C=C(C)C(=O)[O-].C[N+](C)(C)CC=Cc1ccccc1. The average Bonchev–Trinajstić information content (AvgIpc) is 2.29. The van der Waals surface area contributed by atoms with Gasteiger partial charge in [-0.25, -0.2) is 0 Å². The van der Waals surface area contributed by atoms with E-state index in [0.717, 1.165) is 11.0 Å². The van der Waals surface area contributed by atoms with Crippen molar-refractivity contribution in [3.05, 3.63) is 54.1 Å². The van der Waals surface area contributed by atoms with Crippen molar-refractivity contribution in [3.8, 4) is 0 Å². The summed E-state index contributed by atoms with van der Waals surface area (Å²) >= 11 is 0. The van der Waals surface area contributed by atoms with Crippen LogP contribution in [0.2, 0.25) is 0 Å². The summed E-state index contributed by atoms with van der Waals surface area (Å²) in [4.78, 5) is 9.49. The normalized spacial score (nSPS) is 10.7. The van der Waals surface area contributed by atoms with Gasteiger partial charge >= 0.3 is 0 Å². The predicted molar refractivity (Wildman–Crippen MR) is 78.2 cm³/mol. The minimum Gasteiger partial charge on any atom is -0.545 e. The standard InChI is InChI=1S/C12H18N.C4H6O2/c1-13(2,3)11-7-10-12-8-5-4-6-9-12;1-3(2)4(5)6/h4-10H,11H2,1-3H3;1H2,2H3,(H,5,6)/q+1;/p-1. The van der Waals surface area contributed by atoms with Crippen molar-refractivity contribution in [2.24, 2.45) is 0 Å². The van der Waals surface area contributed by atoms with E-state index in [1.807, 2.05) is 6.07 Å². The van der Waals surface area contributed by atoms with Gasteiger partial charge in [0.2, 0.25) is 0 Å². The second-order valence-corrected chi connectivity index (χ2v) is 5.35. The van der Waals surface area contributed by atoms with Crippen LogP contribution in [0.15, 0.2) is 48.6 Å². The van der Waals surface area contributed by atoms with E-state index in [0.29, 0.717) is 0 Å². The van der Waals surface area contributed by atoms with E-state index in [1.165, 1.54) is 12.5 Å². The van der Waals surface area contributed by atoms with Crippen LogP contribution < -0.4 is 5.11 Å². The van der Waals surface area contributed by atoms with Gasteiger partial charge in [0.15, 0.2) is 0 Å². The number of likely N-dealkylation sites (N-methyl/N-ethyl adjacent to an activating group) is 1. The number of carboxylic acids is 1. The molecule has 3 nitrogen and oxygen atoms in total. The van der Waals surface area contributed by atoms with Gasteiger partial charge in [-0.2, -0.15) is 0 Å². The summed E-state index contributed by atoms with van der Waals surface area (Å²) in [5.41, 5.74) is 1.34. The van der Waals surface area contributed by atoms with Crippen LogP contribution in [0.5, 0.6) is 0 Å². The zero-order valence-corrected chi connectivity index (χ0v) is 12.2. The van der Waals surface area contributed by atoms with Gasteiger partial charge in [-0.05, 0) is 24.1 Å². The number of hydrogen-bond donors (Lipinski definition) is 0. The first-order valence-corrected chi connectivity index (χ1v) is 6.11. The Morgan fingerprint density at radius 1 is 1.26 bits per heavy atom. The van der Waals surface area contributed by atoms with E-state index < -0.39 is 5.97 Å². The maximum absolute atomic E-state index is 9.49. The molecule has 0 heterocycles. The number of nitrogens with zero attached hydrogens (tertiary/aromatic N) is 1. The first-order chi connectivity index (χ1) is 8.72. The molecule has 1 aromatic rings. The largest absolute Gasteiger partial charge is 0.545 e. The van der Waals surface area contributed by atoms with Crippen LogP contribution in [0.1, 0.15) is 12.5 Å². The molecule has 0 bridgehead atoms. The molecule has 0 aromatic heterocycles. The lowest BCUT2D eigenvalue weighted by Gasteiger charge is -2.21. The molecule has 0 aliphatic rings. The second kappa shape index (κ2) is 8.27. The third-order valence-corrected chi connectivity index (χ3v) is 2.11. The highest BCUT2D eigenvalue weighted by Gasteiger charge is 2.01.